The van der Waals surface area contributed by atoms with Gasteiger partial charge in [0.15, 0.2) is 0 Å². The van der Waals surface area contributed by atoms with Crippen LogP contribution in [0.1, 0.15) is 17.0 Å². The summed E-state index contributed by atoms with van der Waals surface area (Å²) in [5.74, 6) is 0.826. The van der Waals surface area contributed by atoms with Crippen molar-refractivity contribution in [3.05, 3.63) is 77.4 Å². The number of carbonyl (C=O) groups is 1. The lowest BCUT2D eigenvalue weighted by atomic mass is 10.1. The Kier molecular flexibility index (Phi) is 5.99. The molecule has 0 atom stereocenters. The summed E-state index contributed by atoms with van der Waals surface area (Å²) < 4.78 is 18.4. The average Bonchev–Trinajstić information content (AvgIpc) is 3.22. The molecule has 0 bridgehead atoms. The van der Waals surface area contributed by atoms with Crippen molar-refractivity contribution in [3.63, 3.8) is 0 Å². The Morgan fingerprint density at radius 1 is 1.07 bits per heavy atom. The number of rotatable bonds is 5. The summed E-state index contributed by atoms with van der Waals surface area (Å²) in [7, 11) is 0. The third-order valence-corrected chi connectivity index (χ3v) is 5.11. The van der Waals surface area contributed by atoms with E-state index in [-0.39, 0.29) is 11.7 Å². The van der Waals surface area contributed by atoms with Crippen molar-refractivity contribution < 1.29 is 13.7 Å². The summed E-state index contributed by atoms with van der Waals surface area (Å²) in [4.78, 5) is 20.9. The van der Waals surface area contributed by atoms with E-state index in [1.54, 1.807) is 18.2 Å². The first-order valence-electron chi connectivity index (χ1n) is 9.91. The molecule has 1 amide bonds. The largest absolute Gasteiger partial charge is 0.338 e. The van der Waals surface area contributed by atoms with Crippen molar-refractivity contribution in [2.24, 2.45) is 0 Å². The van der Waals surface area contributed by atoms with Crippen LogP contribution in [0.3, 0.4) is 0 Å². The molecule has 7 heteroatoms. The average molecular weight is 406 g/mol. The molecule has 0 N–H and O–H groups in total. The normalized spacial score (nSPS) is 15.1. The van der Waals surface area contributed by atoms with Crippen LogP contribution >= 0.6 is 0 Å². The number of carbonyl (C=O) groups excluding carboxylic acids is 1. The van der Waals surface area contributed by atoms with Gasteiger partial charge in [-0.2, -0.15) is 4.98 Å². The van der Waals surface area contributed by atoms with Crippen molar-refractivity contribution in [2.75, 3.05) is 26.2 Å². The van der Waals surface area contributed by atoms with Crippen molar-refractivity contribution in [1.29, 1.82) is 0 Å². The Morgan fingerprint density at radius 2 is 1.77 bits per heavy atom. The monoisotopic (exact) mass is 406 g/mol. The van der Waals surface area contributed by atoms with E-state index in [0.29, 0.717) is 31.3 Å². The van der Waals surface area contributed by atoms with Gasteiger partial charge in [-0.05, 0) is 30.7 Å². The predicted molar refractivity (Wildman–Crippen MR) is 112 cm³/mol. The fraction of sp³-hybridized carbons (Fsp3) is 0.261. The van der Waals surface area contributed by atoms with E-state index in [1.165, 1.54) is 23.8 Å². The third-order valence-electron chi connectivity index (χ3n) is 5.11. The lowest BCUT2D eigenvalue weighted by Gasteiger charge is -2.33. The fourth-order valence-electron chi connectivity index (χ4n) is 3.30. The zero-order valence-corrected chi connectivity index (χ0v) is 16.8. The number of hydrogen-bond donors (Lipinski definition) is 0. The summed E-state index contributed by atoms with van der Waals surface area (Å²) in [5, 5.41) is 4.07. The highest BCUT2D eigenvalue weighted by Crippen LogP contribution is 2.17. The molecular weight excluding hydrogens is 383 g/mol. The van der Waals surface area contributed by atoms with Crippen LogP contribution in [-0.2, 0) is 11.3 Å². The van der Waals surface area contributed by atoms with Gasteiger partial charge in [0.1, 0.15) is 5.82 Å². The van der Waals surface area contributed by atoms with E-state index in [9.17, 15) is 9.18 Å². The maximum Gasteiger partial charge on any atom is 0.246 e. The van der Waals surface area contributed by atoms with Gasteiger partial charge < -0.3 is 9.42 Å². The zero-order valence-electron chi connectivity index (χ0n) is 16.8. The summed E-state index contributed by atoms with van der Waals surface area (Å²) in [6.45, 7) is 5.33. The molecule has 0 radical (unpaired) electrons. The van der Waals surface area contributed by atoms with Crippen molar-refractivity contribution in [3.8, 4) is 11.4 Å². The molecule has 0 aliphatic carbocycles. The topological polar surface area (TPSA) is 62.5 Å². The van der Waals surface area contributed by atoms with Gasteiger partial charge in [0.05, 0.1) is 6.54 Å². The van der Waals surface area contributed by atoms with Crippen molar-refractivity contribution in [1.82, 2.24) is 19.9 Å². The molecule has 3 aromatic rings. The van der Waals surface area contributed by atoms with Crippen molar-refractivity contribution in [2.45, 2.75) is 13.5 Å². The highest BCUT2D eigenvalue weighted by atomic mass is 19.1. The minimum Gasteiger partial charge on any atom is -0.338 e. The molecule has 30 heavy (non-hydrogen) atoms. The van der Waals surface area contributed by atoms with Crippen LogP contribution in [-0.4, -0.2) is 52.0 Å². The van der Waals surface area contributed by atoms with Gasteiger partial charge >= 0.3 is 0 Å². The second-order valence-electron chi connectivity index (χ2n) is 7.36. The van der Waals surface area contributed by atoms with Crippen LogP contribution < -0.4 is 0 Å². The van der Waals surface area contributed by atoms with Gasteiger partial charge in [-0.15, -0.1) is 0 Å². The van der Waals surface area contributed by atoms with Gasteiger partial charge in [0.2, 0.25) is 17.6 Å². The lowest BCUT2D eigenvalue weighted by molar-refractivity contribution is -0.127. The SMILES string of the molecule is Cc1ccc(-c2noc(CN3CCN(C(=O)/C=C/c4ccc(F)cc4)CC3)n2)cc1. The number of aromatic nitrogens is 2. The van der Waals surface area contributed by atoms with Crippen LogP contribution in [0.4, 0.5) is 4.39 Å². The second kappa shape index (κ2) is 9.00. The summed E-state index contributed by atoms with van der Waals surface area (Å²) in [5.41, 5.74) is 2.91. The predicted octanol–water partition coefficient (Wildman–Crippen LogP) is 3.54. The number of aryl methyl sites for hydroxylation is 1. The molecule has 1 aromatic heterocycles. The minimum atomic E-state index is -0.290. The number of amides is 1. The van der Waals surface area contributed by atoms with Gasteiger partial charge in [0.25, 0.3) is 0 Å². The molecule has 2 aromatic carbocycles. The summed E-state index contributed by atoms with van der Waals surface area (Å²) in [6.07, 6.45) is 3.24. The van der Waals surface area contributed by atoms with Crippen LogP contribution in [0.5, 0.6) is 0 Å². The molecule has 6 nitrogen and oxygen atoms in total. The molecule has 1 saturated heterocycles. The zero-order chi connectivity index (χ0) is 20.9. The number of halogens is 1. The highest BCUT2D eigenvalue weighted by molar-refractivity contribution is 5.91. The molecule has 0 spiro atoms. The minimum absolute atomic E-state index is 0.0431. The van der Waals surface area contributed by atoms with E-state index in [4.69, 9.17) is 4.52 Å². The summed E-state index contributed by atoms with van der Waals surface area (Å²) in [6, 6.07) is 14.0. The Hall–Kier alpha value is -3.32. The van der Waals surface area contributed by atoms with Crippen molar-refractivity contribution >= 4 is 12.0 Å². The molecule has 1 aliphatic rings. The maximum atomic E-state index is 13.0. The highest BCUT2D eigenvalue weighted by Gasteiger charge is 2.21. The van der Waals surface area contributed by atoms with Gasteiger partial charge in [-0.25, -0.2) is 4.39 Å². The number of nitrogens with zero attached hydrogens (tertiary/aromatic N) is 4. The quantitative estimate of drug-likeness (QED) is 0.607. The Balaban J connectivity index is 1.28. The van der Waals surface area contributed by atoms with Crippen LogP contribution in [0.25, 0.3) is 17.5 Å². The first-order valence-corrected chi connectivity index (χ1v) is 9.91. The molecule has 2 heterocycles. The molecule has 0 saturated carbocycles. The van der Waals surface area contributed by atoms with Crippen LogP contribution in [0.2, 0.25) is 0 Å². The van der Waals surface area contributed by atoms with E-state index >= 15 is 0 Å². The number of piperazine rings is 1. The van der Waals surface area contributed by atoms with E-state index < -0.39 is 0 Å². The third kappa shape index (κ3) is 4.99. The Labute approximate surface area is 174 Å². The molecule has 1 fully saturated rings. The Bertz CT molecular complexity index is 1020. The first-order chi connectivity index (χ1) is 14.6. The maximum absolute atomic E-state index is 13.0. The van der Waals surface area contributed by atoms with Gasteiger partial charge in [0, 0.05) is 37.8 Å². The van der Waals surface area contributed by atoms with E-state index in [2.05, 4.69) is 15.0 Å². The fourth-order valence-corrected chi connectivity index (χ4v) is 3.30. The standard InChI is InChI=1S/C23H23FN4O2/c1-17-2-7-19(8-3-17)23-25-21(30-26-23)16-27-12-14-28(15-13-27)22(29)11-6-18-4-9-20(24)10-5-18/h2-11H,12-16H2,1H3/b11-6+. The van der Waals surface area contributed by atoms with E-state index in [0.717, 1.165) is 24.2 Å². The smallest absolute Gasteiger partial charge is 0.246 e. The van der Waals surface area contributed by atoms with E-state index in [1.807, 2.05) is 36.1 Å². The molecule has 0 unspecified atom stereocenters. The second-order valence-corrected chi connectivity index (χ2v) is 7.36. The molecule has 1 aliphatic heterocycles. The molecule has 154 valence electrons. The molecular formula is C23H23FN4O2. The van der Waals surface area contributed by atoms with Gasteiger partial charge in [-0.1, -0.05) is 47.1 Å². The lowest BCUT2D eigenvalue weighted by Crippen LogP contribution is -2.47. The Morgan fingerprint density at radius 3 is 2.47 bits per heavy atom. The first kappa shape index (κ1) is 20.0. The van der Waals surface area contributed by atoms with Crippen LogP contribution in [0.15, 0.2) is 59.1 Å². The van der Waals surface area contributed by atoms with Gasteiger partial charge in [-0.3, -0.25) is 9.69 Å². The number of benzene rings is 2. The summed E-state index contributed by atoms with van der Waals surface area (Å²) >= 11 is 0. The number of hydrogen-bond acceptors (Lipinski definition) is 5. The molecule has 4 rings (SSSR count). The van der Waals surface area contributed by atoms with Crippen LogP contribution in [0, 0.1) is 12.7 Å².